The number of methoxy groups -OCH3 is 1. The van der Waals surface area contributed by atoms with Crippen molar-refractivity contribution in [1.82, 2.24) is 5.32 Å². The Morgan fingerprint density at radius 2 is 2.22 bits per heavy atom. The van der Waals surface area contributed by atoms with Crippen LogP contribution in [-0.4, -0.2) is 25.2 Å². The van der Waals surface area contributed by atoms with E-state index in [1.165, 1.54) is 0 Å². The molecule has 1 aromatic carbocycles. The molecule has 2 unspecified atom stereocenters. The highest BCUT2D eigenvalue weighted by Crippen LogP contribution is 2.22. The van der Waals surface area contributed by atoms with E-state index >= 15 is 0 Å². The highest BCUT2D eigenvalue weighted by atomic mass is 16.5. The molecule has 1 aliphatic rings. The standard InChI is InChI=1S/C14H20N2O2/c1-9-3-4-10(7-13(9)15)14(17)16-11-5-6-12(8-11)18-2/h3-4,7,11-12H,5-6,8,15H2,1-2H3,(H,16,17). The lowest BCUT2D eigenvalue weighted by molar-refractivity contribution is 0.0915. The van der Waals surface area contributed by atoms with Gasteiger partial charge in [-0.05, 0) is 43.9 Å². The van der Waals surface area contributed by atoms with E-state index in [0.29, 0.717) is 11.3 Å². The van der Waals surface area contributed by atoms with Gasteiger partial charge in [-0.25, -0.2) is 0 Å². The number of ether oxygens (including phenoxy) is 1. The average Bonchev–Trinajstić information content (AvgIpc) is 2.80. The van der Waals surface area contributed by atoms with Crippen LogP contribution in [0.1, 0.15) is 35.2 Å². The number of anilines is 1. The van der Waals surface area contributed by atoms with E-state index in [0.717, 1.165) is 24.8 Å². The highest BCUT2D eigenvalue weighted by molar-refractivity contribution is 5.95. The molecule has 0 aliphatic heterocycles. The van der Waals surface area contributed by atoms with Crippen LogP contribution in [0.15, 0.2) is 18.2 Å². The number of benzene rings is 1. The zero-order chi connectivity index (χ0) is 13.1. The summed E-state index contributed by atoms with van der Waals surface area (Å²) in [6.07, 6.45) is 3.16. The van der Waals surface area contributed by atoms with Crippen molar-refractivity contribution in [3.05, 3.63) is 29.3 Å². The molecule has 0 saturated heterocycles. The van der Waals surface area contributed by atoms with Crippen LogP contribution in [0.5, 0.6) is 0 Å². The summed E-state index contributed by atoms with van der Waals surface area (Å²) in [5.41, 5.74) is 8.08. The summed E-state index contributed by atoms with van der Waals surface area (Å²) in [5.74, 6) is -0.0524. The maximum Gasteiger partial charge on any atom is 0.251 e. The number of carbonyl (C=O) groups is 1. The quantitative estimate of drug-likeness (QED) is 0.803. The van der Waals surface area contributed by atoms with Gasteiger partial charge in [-0.2, -0.15) is 0 Å². The molecule has 0 aromatic heterocycles. The monoisotopic (exact) mass is 248 g/mol. The first-order valence-electron chi connectivity index (χ1n) is 6.30. The Bertz CT molecular complexity index is 445. The van der Waals surface area contributed by atoms with Crippen LogP contribution in [0.3, 0.4) is 0 Å². The van der Waals surface area contributed by atoms with Gasteiger partial charge in [-0.1, -0.05) is 6.07 Å². The lowest BCUT2D eigenvalue weighted by Gasteiger charge is -2.13. The van der Waals surface area contributed by atoms with Gasteiger partial charge < -0.3 is 15.8 Å². The summed E-state index contributed by atoms with van der Waals surface area (Å²) in [4.78, 5) is 12.1. The number of hydrogen-bond acceptors (Lipinski definition) is 3. The smallest absolute Gasteiger partial charge is 0.251 e. The molecule has 2 atom stereocenters. The molecule has 0 spiro atoms. The Kier molecular flexibility index (Phi) is 3.87. The average molecular weight is 248 g/mol. The Morgan fingerprint density at radius 1 is 1.44 bits per heavy atom. The van der Waals surface area contributed by atoms with Crippen LogP contribution in [0, 0.1) is 6.92 Å². The van der Waals surface area contributed by atoms with Gasteiger partial charge >= 0.3 is 0 Å². The summed E-state index contributed by atoms with van der Waals surface area (Å²) in [5, 5.41) is 3.03. The first kappa shape index (κ1) is 12.9. The zero-order valence-corrected chi connectivity index (χ0v) is 10.9. The van der Waals surface area contributed by atoms with Gasteiger partial charge in [0.25, 0.3) is 5.91 Å². The second-order valence-electron chi connectivity index (χ2n) is 4.91. The van der Waals surface area contributed by atoms with Crippen molar-refractivity contribution in [2.75, 3.05) is 12.8 Å². The minimum Gasteiger partial charge on any atom is -0.398 e. The van der Waals surface area contributed by atoms with Crippen LogP contribution in [0.2, 0.25) is 0 Å². The molecule has 0 heterocycles. The van der Waals surface area contributed by atoms with Crippen molar-refractivity contribution < 1.29 is 9.53 Å². The van der Waals surface area contributed by atoms with Crippen LogP contribution < -0.4 is 11.1 Å². The molecule has 18 heavy (non-hydrogen) atoms. The lowest BCUT2D eigenvalue weighted by Crippen LogP contribution is -2.33. The van der Waals surface area contributed by atoms with Gasteiger partial charge in [0.15, 0.2) is 0 Å². The van der Waals surface area contributed by atoms with Gasteiger partial charge in [-0.3, -0.25) is 4.79 Å². The number of aryl methyl sites for hydroxylation is 1. The predicted octanol–water partition coefficient (Wildman–Crippen LogP) is 1.87. The number of rotatable bonds is 3. The van der Waals surface area contributed by atoms with E-state index in [1.54, 1.807) is 13.2 Å². The van der Waals surface area contributed by atoms with E-state index in [-0.39, 0.29) is 18.1 Å². The molecule has 1 fully saturated rings. The second kappa shape index (κ2) is 5.40. The number of nitrogens with two attached hydrogens (primary N) is 1. The molecule has 4 nitrogen and oxygen atoms in total. The number of hydrogen-bond donors (Lipinski definition) is 2. The Morgan fingerprint density at radius 3 is 2.83 bits per heavy atom. The van der Waals surface area contributed by atoms with E-state index < -0.39 is 0 Å². The van der Waals surface area contributed by atoms with E-state index in [4.69, 9.17) is 10.5 Å². The Labute approximate surface area is 108 Å². The molecular formula is C14H20N2O2. The minimum atomic E-state index is -0.0524. The third kappa shape index (κ3) is 2.82. The molecule has 1 aromatic rings. The molecule has 1 saturated carbocycles. The molecule has 1 aliphatic carbocycles. The summed E-state index contributed by atoms with van der Waals surface area (Å²) < 4.78 is 5.29. The summed E-state index contributed by atoms with van der Waals surface area (Å²) in [7, 11) is 1.72. The van der Waals surface area contributed by atoms with E-state index in [9.17, 15) is 4.79 Å². The van der Waals surface area contributed by atoms with Crippen molar-refractivity contribution in [3.63, 3.8) is 0 Å². The second-order valence-corrected chi connectivity index (χ2v) is 4.91. The highest BCUT2D eigenvalue weighted by Gasteiger charge is 2.25. The van der Waals surface area contributed by atoms with Crippen LogP contribution >= 0.6 is 0 Å². The fraction of sp³-hybridized carbons (Fsp3) is 0.500. The van der Waals surface area contributed by atoms with Gasteiger partial charge in [-0.15, -0.1) is 0 Å². The number of carbonyl (C=O) groups excluding carboxylic acids is 1. The molecule has 3 N–H and O–H groups in total. The molecule has 98 valence electrons. The first-order valence-corrected chi connectivity index (χ1v) is 6.30. The van der Waals surface area contributed by atoms with Crippen LogP contribution in [0.4, 0.5) is 5.69 Å². The fourth-order valence-electron chi connectivity index (χ4n) is 2.34. The van der Waals surface area contributed by atoms with Gasteiger partial charge in [0.05, 0.1) is 6.10 Å². The zero-order valence-electron chi connectivity index (χ0n) is 10.9. The van der Waals surface area contributed by atoms with Crippen molar-refractivity contribution in [1.29, 1.82) is 0 Å². The van der Waals surface area contributed by atoms with Crippen molar-refractivity contribution in [3.8, 4) is 0 Å². The molecular weight excluding hydrogens is 228 g/mol. The number of nitrogens with one attached hydrogen (secondary N) is 1. The molecule has 2 rings (SSSR count). The molecule has 0 radical (unpaired) electrons. The molecule has 4 heteroatoms. The summed E-state index contributed by atoms with van der Waals surface area (Å²) in [6.45, 7) is 1.93. The van der Waals surface area contributed by atoms with Gasteiger partial charge in [0.1, 0.15) is 0 Å². The lowest BCUT2D eigenvalue weighted by atomic mass is 10.1. The minimum absolute atomic E-state index is 0.0524. The van der Waals surface area contributed by atoms with Crippen LogP contribution in [0.25, 0.3) is 0 Å². The third-order valence-corrected chi connectivity index (χ3v) is 3.59. The van der Waals surface area contributed by atoms with E-state index in [2.05, 4.69) is 5.32 Å². The van der Waals surface area contributed by atoms with Crippen molar-refractivity contribution >= 4 is 11.6 Å². The number of nitrogen functional groups attached to an aromatic ring is 1. The largest absolute Gasteiger partial charge is 0.398 e. The molecule has 0 bridgehead atoms. The topological polar surface area (TPSA) is 64.3 Å². The first-order chi connectivity index (χ1) is 8.60. The Hall–Kier alpha value is -1.55. The SMILES string of the molecule is COC1CCC(NC(=O)c2ccc(C)c(N)c2)C1. The summed E-state index contributed by atoms with van der Waals surface area (Å²) >= 11 is 0. The normalized spacial score (nSPS) is 23.0. The third-order valence-electron chi connectivity index (χ3n) is 3.59. The van der Waals surface area contributed by atoms with Crippen LogP contribution in [-0.2, 0) is 4.74 Å². The van der Waals surface area contributed by atoms with Gasteiger partial charge in [0, 0.05) is 24.4 Å². The predicted molar refractivity (Wildman–Crippen MR) is 71.5 cm³/mol. The number of amides is 1. The van der Waals surface area contributed by atoms with Crippen molar-refractivity contribution in [2.24, 2.45) is 0 Å². The summed E-state index contributed by atoms with van der Waals surface area (Å²) in [6, 6.07) is 5.62. The Balaban J connectivity index is 1.97. The fourth-order valence-corrected chi connectivity index (χ4v) is 2.34. The van der Waals surface area contributed by atoms with E-state index in [1.807, 2.05) is 19.1 Å². The van der Waals surface area contributed by atoms with Crippen molar-refractivity contribution in [2.45, 2.75) is 38.3 Å². The molecule has 1 amide bonds. The maximum absolute atomic E-state index is 12.1. The maximum atomic E-state index is 12.1. The van der Waals surface area contributed by atoms with Gasteiger partial charge in [0.2, 0.25) is 0 Å².